The van der Waals surface area contributed by atoms with Crippen molar-refractivity contribution in [1.29, 1.82) is 0 Å². The zero-order valence-corrected chi connectivity index (χ0v) is 12.5. The van der Waals surface area contributed by atoms with Gasteiger partial charge in [0.25, 0.3) is 0 Å². The Labute approximate surface area is 132 Å². The van der Waals surface area contributed by atoms with Gasteiger partial charge in [-0.15, -0.1) is 0 Å². The van der Waals surface area contributed by atoms with E-state index in [-0.39, 0.29) is 5.69 Å². The van der Waals surface area contributed by atoms with Crippen molar-refractivity contribution in [3.8, 4) is 11.4 Å². The number of fused-ring (bicyclic) bond motifs is 1. The van der Waals surface area contributed by atoms with E-state index >= 15 is 0 Å². The summed E-state index contributed by atoms with van der Waals surface area (Å²) in [7, 11) is 0. The molecule has 1 aliphatic rings. The lowest BCUT2D eigenvalue weighted by molar-refractivity contribution is 0.899. The van der Waals surface area contributed by atoms with Gasteiger partial charge >= 0.3 is 5.69 Å². The third-order valence-electron chi connectivity index (χ3n) is 3.94. The summed E-state index contributed by atoms with van der Waals surface area (Å²) < 4.78 is 0. The predicted octanol–water partition coefficient (Wildman–Crippen LogP) is 1.66. The number of aromatic nitrogens is 5. The van der Waals surface area contributed by atoms with Crippen LogP contribution in [0.15, 0.2) is 35.1 Å². The van der Waals surface area contributed by atoms with Crippen molar-refractivity contribution in [2.24, 2.45) is 0 Å². The third kappa shape index (κ3) is 2.73. The topological polar surface area (TPSA) is 99.3 Å². The highest BCUT2D eigenvalue weighted by molar-refractivity contribution is 5.60. The van der Waals surface area contributed by atoms with Crippen LogP contribution in [0.5, 0.6) is 0 Å². The molecule has 0 saturated carbocycles. The molecule has 116 valence electrons. The molecule has 0 amide bonds. The van der Waals surface area contributed by atoms with Crippen LogP contribution in [-0.2, 0) is 19.4 Å². The Kier molecular flexibility index (Phi) is 3.38. The predicted molar refractivity (Wildman–Crippen MR) is 86.0 cm³/mol. The Balaban J connectivity index is 1.67. The van der Waals surface area contributed by atoms with E-state index in [0.29, 0.717) is 12.4 Å². The molecule has 7 heteroatoms. The fraction of sp³-hybridized carbons (Fsp3) is 0.250. The molecular formula is C16H16N6O. The molecule has 0 bridgehead atoms. The Morgan fingerprint density at radius 3 is 2.78 bits per heavy atom. The number of hydrogen-bond donors (Lipinski definition) is 3. The highest BCUT2D eigenvalue weighted by Crippen LogP contribution is 2.29. The largest absolute Gasteiger partial charge is 0.362 e. The minimum Gasteiger partial charge on any atom is -0.362 e. The lowest BCUT2D eigenvalue weighted by Crippen LogP contribution is -2.09. The smallest absolute Gasteiger partial charge is 0.340 e. The summed E-state index contributed by atoms with van der Waals surface area (Å²) in [4.78, 5) is 23.1. The van der Waals surface area contributed by atoms with Crippen molar-refractivity contribution in [2.45, 2.75) is 25.8 Å². The Morgan fingerprint density at radius 1 is 1.13 bits per heavy atom. The maximum Gasteiger partial charge on any atom is 0.340 e. The number of benzene rings is 1. The Hall–Kier alpha value is -2.96. The standard InChI is InChI=1S/C16H16N6O/c23-16-19-13(21-22-16)9-17-15-11-7-4-8-12(11)18-14(20-15)10-5-2-1-3-6-10/h1-3,5-6H,4,7-9H2,(H,17,18,20)(H2,19,21,22,23). The number of nitrogens with zero attached hydrogens (tertiary/aromatic N) is 3. The lowest BCUT2D eigenvalue weighted by Gasteiger charge is -2.11. The molecule has 4 rings (SSSR count). The molecule has 23 heavy (non-hydrogen) atoms. The van der Waals surface area contributed by atoms with E-state index in [1.54, 1.807) is 0 Å². The first kappa shape index (κ1) is 13.7. The molecule has 0 atom stereocenters. The molecule has 2 heterocycles. The van der Waals surface area contributed by atoms with Gasteiger partial charge in [-0.05, 0) is 19.3 Å². The van der Waals surface area contributed by atoms with Gasteiger partial charge in [0.05, 0.1) is 6.54 Å². The molecule has 0 fully saturated rings. The lowest BCUT2D eigenvalue weighted by atomic mass is 10.2. The summed E-state index contributed by atoms with van der Waals surface area (Å²) in [5.41, 5.74) is 2.97. The summed E-state index contributed by atoms with van der Waals surface area (Å²) in [6, 6.07) is 9.95. The van der Waals surface area contributed by atoms with E-state index < -0.39 is 0 Å². The second kappa shape index (κ2) is 5.68. The number of aryl methyl sites for hydroxylation is 1. The van der Waals surface area contributed by atoms with E-state index in [9.17, 15) is 4.79 Å². The van der Waals surface area contributed by atoms with Gasteiger partial charge in [0.15, 0.2) is 5.82 Å². The number of aromatic amines is 2. The van der Waals surface area contributed by atoms with Crippen LogP contribution in [0.1, 0.15) is 23.5 Å². The first-order valence-corrected chi connectivity index (χ1v) is 7.62. The SMILES string of the molecule is O=c1[nH]nc(CNc2nc(-c3ccccc3)nc3c2CCC3)[nH]1. The van der Waals surface area contributed by atoms with Crippen molar-refractivity contribution in [3.05, 3.63) is 57.9 Å². The quantitative estimate of drug-likeness (QED) is 0.680. The summed E-state index contributed by atoms with van der Waals surface area (Å²) in [6.45, 7) is 0.413. The van der Waals surface area contributed by atoms with E-state index in [1.807, 2.05) is 30.3 Å². The molecule has 7 nitrogen and oxygen atoms in total. The van der Waals surface area contributed by atoms with Crippen LogP contribution in [0.4, 0.5) is 5.82 Å². The number of H-pyrrole nitrogens is 2. The van der Waals surface area contributed by atoms with Gasteiger partial charge in [0.2, 0.25) is 0 Å². The normalized spacial score (nSPS) is 13.0. The molecule has 1 aromatic carbocycles. The summed E-state index contributed by atoms with van der Waals surface area (Å²) >= 11 is 0. The van der Waals surface area contributed by atoms with E-state index in [0.717, 1.165) is 42.2 Å². The van der Waals surface area contributed by atoms with Crippen molar-refractivity contribution in [2.75, 3.05) is 5.32 Å². The summed E-state index contributed by atoms with van der Waals surface area (Å²) in [5, 5.41) is 9.55. The summed E-state index contributed by atoms with van der Waals surface area (Å²) in [5.74, 6) is 2.11. The first-order chi connectivity index (χ1) is 11.3. The fourth-order valence-electron chi connectivity index (χ4n) is 2.85. The molecule has 0 spiro atoms. The molecule has 2 aromatic heterocycles. The second-order valence-electron chi connectivity index (χ2n) is 5.52. The molecule has 0 radical (unpaired) electrons. The highest BCUT2D eigenvalue weighted by atomic mass is 16.1. The van der Waals surface area contributed by atoms with Gasteiger partial charge in [0, 0.05) is 16.8 Å². The Bertz CT molecular complexity index is 883. The number of hydrogen-bond acceptors (Lipinski definition) is 5. The Morgan fingerprint density at radius 2 is 2.00 bits per heavy atom. The fourth-order valence-corrected chi connectivity index (χ4v) is 2.85. The first-order valence-electron chi connectivity index (χ1n) is 7.62. The van der Waals surface area contributed by atoms with Crippen LogP contribution < -0.4 is 11.0 Å². The minimum absolute atomic E-state index is 0.306. The number of anilines is 1. The summed E-state index contributed by atoms with van der Waals surface area (Å²) in [6.07, 6.45) is 3.05. The van der Waals surface area contributed by atoms with E-state index in [2.05, 4.69) is 25.5 Å². The number of nitrogens with one attached hydrogen (secondary N) is 3. The zero-order valence-electron chi connectivity index (χ0n) is 12.5. The van der Waals surface area contributed by atoms with E-state index in [4.69, 9.17) is 4.98 Å². The van der Waals surface area contributed by atoms with Gasteiger partial charge in [0.1, 0.15) is 11.6 Å². The van der Waals surface area contributed by atoms with Gasteiger partial charge in [-0.3, -0.25) is 4.98 Å². The van der Waals surface area contributed by atoms with Crippen molar-refractivity contribution in [3.63, 3.8) is 0 Å². The second-order valence-corrected chi connectivity index (χ2v) is 5.52. The van der Waals surface area contributed by atoms with Gasteiger partial charge in [-0.2, -0.15) is 5.10 Å². The minimum atomic E-state index is -0.306. The molecule has 3 aromatic rings. The van der Waals surface area contributed by atoms with Crippen molar-refractivity contribution < 1.29 is 0 Å². The monoisotopic (exact) mass is 308 g/mol. The van der Waals surface area contributed by atoms with Gasteiger partial charge in [-0.1, -0.05) is 30.3 Å². The zero-order chi connectivity index (χ0) is 15.6. The maximum atomic E-state index is 11.1. The van der Waals surface area contributed by atoms with E-state index in [1.165, 1.54) is 5.56 Å². The van der Waals surface area contributed by atoms with Gasteiger partial charge < -0.3 is 5.32 Å². The molecule has 3 N–H and O–H groups in total. The average molecular weight is 308 g/mol. The maximum absolute atomic E-state index is 11.1. The van der Waals surface area contributed by atoms with Crippen LogP contribution in [0.3, 0.4) is 0 Å². The third-order valence-corrected chi connectivity index (χ3v) is 3.94. The van der Waals surface area contributed by atoms with Crippen LogP contribution >= 0.6 is 0 Å². The molecule has 0 aliphatic heterocycles. The van der Waals surface area contributed by atoms with Gasteiger partial charge in [-0.25, -0.2) is 19.9 Å². The van der Waals surface area contributed by atoms with Crippen LogP contribution in [0, 0.1) is 0 Å². The van der Waals surface area contributed by atoms with Crippen molar-refractivity contribution >= 4 is 5.82 Å². The van der Waals surface area contributed by atoms with Crippen LogP contribution in [-0.4, -0.2) is 25.1 Å². The van der Waals surface area contributed by atoms with Crippen molar-refractivity contribution in [1.82, 2.24) is 25.1 Å². The average Bonchev–Trinajstić information content (AvgIpc) is 3.22. The number of rotatable bonds is 4. The molecule has 0 unspecified atom stereocenters. The van der Waals surface area contributed by atoms with Crippen LogP contribution in [0.2, 0.25) is 0 Å². The highest BCUT2D eigenvalue weighted by Gasteiger charge is 2.20. The van der Waals surface area contributed by atoms with Crippen LogP contribution in [0.25, 0.3) is 11.4 Å². The molecule has 1 aliphatic carbocycles. The molecule has 0 saturated heterocycles. The molecular weight excluding hydrogens is 292 g/mol.